The maximum Gasteiger partial charge on any atom is 0.236 e. The molecule has 2 heterocycles. The molecule has 2 N–H and O–H groups in total. The first-order chi connectivity index (χ1) is 11.7. The fourth-order valence-electron chi connectivity index (χ4n) is 3.50. The van der Waals surface area contributed by atoms with Gasteiger partial charge in [0.05, 0.1) is 18.2 Å². The SMILES string of the molecule is Cl.Cl.O=C(CNC1CC1)N1C[C@@H](Cc2ccnc3ccccc23)[C@@H](O)C1. The summed E-state index contributed by atoms with van der Waals surface area (Å²) in [5.41, 5.74) is 2.17. The smallest absolute Gasteiger partial charge is 0.236 e. The lowest BCUT2D eigenvalue weighted by molar-refractivity contribution is -0.129. The van der Waals surface area contributed by atoms with E-state index >= 15 is 0 Å². The zero-order valence-electron chi connectivity index (χ0n) is 14.5. The summed E-state index contributed by atoms with van der Waals surface area (Å²) < 4.78 is 0. The molecule has 2 fully saturated rings. The lowest BCUT2D eigenvalue weighted by atomic mass is 9.94. The van der Waals surface area contributed by atoms with Crippen molar-refractivity contribution in [1.29, 1.82) is 0 Å². The number of benzene rings is 1. The molecule has 1 aromatic heterocycles. The summed E-state index contributed by atoms with van der Waals surface area (Å²) in [6, 6.07) is 10.6. The monoisotopic (exact) mass is 397 g/mol. The molecule has 1 aliphatic carbocycles. The number of nitrogens with one attached hydrogen (secondary N) is 1. The van der Waals surface area contributed by atoms with Crippen LogP contribution in [0.4, 0.5) is 0 Å². The Kier molecular flexibility index (Phi) is 7.24. The second-order valence-electron chi connectivity index (χ2n) is 6.97. The van der Waals surface area contributed by atoms with Crippen molar-refractivity contribution < 1.29 is 9.90 Å². The summed E-state index contributed by atoms with van der Waals surface area (Å²) >= 11 is 0. The molecule has 1 amide bonds. The van der Waals surface area contributed by atoms with Crippen molar-refractivity contribution in [3.63, 3.8) is 0 Å². The fraction of sp³-hybridized carbons (Fsp3) is 0.474. The number of rotatable bonds is 5. The Balaban J connectivity index is 0.00000121. The van der Waals surface area contributed by atoms with Crippen molar-refractivity contribution in [3.05, 3.63) is 42.1 Å². The maximum atomic E-state index is 12.3. The number of carbonyl (C=O) groups is 1. The molecule has 26 heavy (non-hydrogen) atoms. The largest absolute Gasteiger partial charge is 0.391 e. The first kappa shape index (κ1) is 20.9. The highest BCUT2D eigenvalue weighted by Gasteiger charge is 2.34. The van der Waals surface area contributed by atoms with Crippen LogP contribution >= 0.6 is 24.8 Å². The number of pyridine rings is 1. The van der Waals surface area contributed by atoms with Crippen LogP contribution in [0.2, 0.25) is 0 Å². The molecule has 1 aliphatic heterocycles. The molecule has 2 aromatic rings. The Morgan fingerprint density at radius 3 is 2.73 bits per heavy atom. The zero-order valence-corrected chi connectivity index (χ0v) is 16.1. The van der Waals surface area contributed by atoms with Gasteiger partial charge in [0.1, 0.15) is 0 Å². The summed E-state index contributed by atoms with van der Waals surface area (Å²) in [5.74, 6) is 0.184. The van der Waals surface area contributed by atoms with Gasteiger partial charge in [-0.1, -0.05) is 18.2 Å². The van der Waals surface area contributed by atoms with Gasteiger partial charge in [-0.2, -0.15) is 0 Å². The average Bonchev–Trinajstić information content (AvgIpc) is 3.36. The van der Waals surface area contributed by atoms with Crippen LogP contribution in [0.5, 0.6) is 0 Å². The Hall–Kier alpha value is -1.40. The molecule has 7 heteroatoms. The number of carbonyl (C=O) groups excluding carboxylic acids is 1. The summed E-state index contributed by atoms with van der Waals surface area (Å²) in [7, 11) is 0. The number of aromatic nitrogens is 1. The van der Waals surface area contributed by atoms with E-state index in [1.165, 1.54) is 18.4 Å². The van der Waals surface area contributed by atoms with Gasteiger partial charge in [0.15, 0.2) is 0 Å². The van der Waals surface area contributed by atoms with Gasteiger partial charge in [-0.05, 0) is 37.0 Å². The molecule has 0 spiro atoms. The van der Waals surface area contributed by atoms with Crippen molar-refractivity contribution in [2.45, 2.75) is 31.4 Å². The van der Waals surface area contributed by atoms with Crippen LogP contribution in [-0.4, -0.2) is 52.7 Å². The molecule has 5 nitrogen and oxygen atoms in total. The third-order valence-electron chi connectivity index (χ3n) is 5.10. The minimum Gasteiger partial charge on any atom is -0.391 e. The number of aliphatic hydroxyl groups is 1. The van der Waals surface area contributed by atoms with Crippen molar-refractivity contribution in [2.75, 3.05) is 19.6 Å². The number of hydrogen-bond donors (Lipinski definition) is 2. The normalized spacial score (nSPS) is 22.0. The third-order valence-corrected chi connectivity index (χ3v) is 5.10. The molecule has 2 atom stereocenters. The van der Waals surface area contributed by atoms with Crippen molar-refractivity contribution >= 4 is 41.6 Å². The van der Waals surface area contributed by atoms with Crippen LogP contribution in [0.1, 0.15) is 18.4 Å². The fourth-order valence-corrected chi connectivity index (χ4v) is 3.50. The van der Waals surface area contributed by atoms with Gasteiger partial charge in [-0.15, -0.1) is 24.8 Å². The predicted molar refractivity (Wildman–Crippen MR) is 107 cm³/mol. The van der Waals surface area contributed by atoms with Crippen LogP contribution in [0.25, 0.3) is 10.9 Å². The van der Waals surface area contributed by atoms with Crippen molar-refractivity contribution in [2.24, 2.45) is 5.92 Å². The molecule has 1 saturated carbocycles. The van der Waals surface area contributed by atoms with Gasteiger partial charge in [0.25, 0.3) is 0 Å². The molecule has 1 saturated heterocycles. The van der Waals surface area contributed by atoms with Gasteiger partial charge in [0, 0.05) is 36.6 Å². The number of β-amino-alcohol motifs (C(OH)–C–C–N with tert-alkyl or cyclic N) is 1. The van der Waals surface area contributed by atoms with E-state index in [0.29, 0.717) is 25.7 Å². The second-order valence-corrected chi connectivity index (χ2v) is 6.97. The number of nitrogens with zero attached hydrogens (tertiary/aromatic N) is 2. The van der Waals surface area contributed by atoms with E-state index in [1.807, 2.05) is 30.5 Å². The molecule has 1 aromatic carbocycles. The first-order valence-corrected chi connectivity index (χ1v) is 8.72. The standard InChI is InChI=1S/C19H23N3O2.2ClH/c23-18-12-22(19(24)10-21-15-5-6-15)11-14(18)9-13-7-8-20-17-4-2-1-3-16(13)17;;/h1-4,7-8,14-15,18,21,23H,5-6,9-12H2;2*1H/t14-,18+;;/m1../s1. The van der Waals surface area contributed by atoms with E-state index in [4.69, 9.17) is 0 Å². The number of aliphatic hydroxyl groups excluding tert-OH is 1. The van der Waals surface area contributed by atoms with E-state index in [9.17, 15) is 9.90 Å². The highest BCUT2D eigenvalue weighted by molar-refractivity contribution is 5.85. The number of amides is 1. The zero-order chi connectivity index (χ0) is 16.5. The van der Waals surface area contributed by atoms with Gasteiger partial charge in [0.2, 0.25) is 5.91 Å². The molecule has 0 radical (unpaired) electrons. The van der Waals surface area contributed by atoms with Crippen LogP contribution in [0.15, 0.2) is 36.5 Å². The molecular formula is C19H25Cl2N3O2. The van der Waals surface area contributed by atoms with E-state index in [1.54, 1.807) is 4.90 Å². The number of likely N-dealkylation sites (tertiary alicyclic amines) is 1. The van der Waals surface area contributed by atoms with Crippen LogP contribution in [0.3, 0.4) is 0 Å². The van der Waals surface area contributed by atoms with Gasteiger partial charge in [-0.3, -0.25) is 9.78 Å². The number of hydrogen-bond acceptors (Lipinski definition) is 4. The summed E-state index contributed by atoms with van der Waals surface area (Å²) in [4.78, 5) is 18.5. The number of para-hydroxylation sites is 1. The van der Waals surface area contributed by atoms with Crippen LogP contribution < -0.4 is 5.32 Å². The van der Waals surface area contributed by atoms with E-state index in [-0.39, 0.29) is 36.6 Å². The molecule has 142 valence electrons. The Morgan fingerprint density at radius 2 is 1.96 bits per heavy atom. The van der Waals surface area contributed by atoms with Gasteiger partial charge >= 0.3 is 0 Å². The van der Waals surface area contributed by atoms with Gasteiger partial charge in [-0.25, -0.2) is 0 Å². The van der Waals surface area contributed by atoms with E-state index in [2.05, 4.69) is 16.4 Å². The second kappa shape index (κ2) is 9.00. The number of fused-ring (bicyclic) bond motifs is 1. The predicted octanol–water partition coefficient (Wildman–Crippen LogP) is 2.19. The highest BCUT2D eigenvalue weighted by atomic mass is 35.5. The Bertz CT molecular complexity index is 749. The highest BCUT2D eigenvalue weighted by Crippen LogP contribution is 2.25. The maximum absolute atomic E-state index is 12.3. The van der Waals surface area contributed by atoms with E-state index in [0.717, 1.165) is 17.3 Å². The molecule has 4 rings (SSSR count). The first-order valence-electron chi connectivity index (χ1n) is 8.72. The lowest BCUT2D eigenvalue weighted by Gasteiger charge is -2.17. The molecule has 0 bridgehead atoms. The third kappa shape index (κ3) is 4.65. The molecule has 2 aliphatic rings. The molecule has 0 unspecified atom stereocenters. The van der Waals surface area contributed by atoms with E-state index < -0.39 is 6.10 Å². The van der Waals surface area contributed by atoms with Crippen LogP contribution in [-0.2, 0) is 11.2 Å². The van der Waals surface area contributed by atoms with Crippen LogP contribution in [0, 0.1) is 5.92 Å². The summed E-state index contributed by atoms with van der Waals surface area (Å²) in [5, 5.41) is 14.8. The number of halogens is 2. The minimum atomic E-state index is -0.457. The van der Waals surface area contributed by atoms with Crippen molar-refractivity contribution in [3.8, 4) is 0 Å². The lowest BCUT2D eigenvalue weighted by Crippen LogP contribution is -2.38. The summed E-state index contributed by atoms with van der Waals surface area (Å²) in [6.45, 7) is 1.46. The average molecular weight is 398 g/mol. The Morgan fingerprint density at radius 1 is 1.19 bits per heavy atom. The minimum absolute atomic E-state index is 0. The Labute approximate surface area is 166 Å². The topological polar surface area (TPSA) is 65.5 Å². The van der Waals surface area contributed by atoms with Gasteiger partial charge < -0.3 is 15.3 Å². The quantitative estimate of drug-likeness (QED) is 0.811. The molecular weight excluding hydrogens is 373 g/mol. The summed E-state index contributed by atoms with van der Waals surface area (Å²) in [6.07, 6.45) is 4.48. The van der Waals surface area contributed by atoms with Crippen molar-refractivity contribution in [1.82, 2.24) is 15.2 Å².